The first kappa shape index (κ1) is 37.0. The standard InChI is InChI=1S/C36H38Cl2F4N6O3S/c1-5-22-17-47(32(51)36(40,41)42)35(12-13-35)18-46(22)30(49)25-7-6-14-45(25)31(50)28-27(19(2)3)48-29(20-8-10-23(37)24(39)15-20)34(4,44-33(48)52-28)21-9-11-26(38)43-16-21/h8-11,15-16,19,22,25,29H,5-7,12-14,17-18H2,1-4H3/t22-,25-,29+,34-/m0/s1. The molecule has 4 atom stereocenters. The number of thioether (sulfide) groups is 1. The predicted molar refractivity (Wildman–Crippen MR) is 190 cm³/mol. The van der Waals surface area contributed by atoms with Crippen LogP contribution in [0.25, 0.3) is 0 Å². The van der Waals surface area contributed by atoms with Gasteiger partial charge in [-0.2, -0.15) is 13.2 Å². The maximum absolute atomic E-state index is 15.0. The van der Waals surface area contributed by atoms with Gasteiger partial charge in [-0.05, 0) is 80.5 Å². The number of pyridine rings is 1. The first-order chi connectivity index (χ1) is 24.5. The Morgan fingerprint density at radius 3 is 2.42 bits per heavy atom. The number of carbonyl (C=O) groups is 3. The van der Waals surface area contributed by atoms with Crippen molar-refractivity contribution >= 4 is 57.9 Å². The third-order valence-electron chi connectivity index (χ3n) is 11.1. The van der Waals surface area contributed by atoms with Crippen LogP contribution in [0.1, 0.15) is 77.0 Å². The lowest BCUT2D eigenvalue weighted by atomic mass is 9.81. The second-order valence-electron chi connectivity index (χ2n) is 14.7. The molecule has 0 N–H and O–H groups in total. The SMILES string of the molecule is CC[C@H]1CN(C(=O)C(F)(F)F)C2(CC2)CN1C(=O)[C@@H]1CCCN1C(=O)C1=C(C(C)C)N2C(=N[C@@](C)(c3ccc(Cl)nc3)[C@H]2c2ccc(Cl)c(F)c2)S1. The fraction of sp³-hybridized carbons (Fsp3) is 0.528. The monoisotopic (exact) mass is 780 g/mol. The van der Waals surface area contributed by atoms with Gasteiger partial charge < -0.3 is 19.6 Å². The van der Waals surface area contributed by atoms with Crippen LogP contribution < -0.4 is 0 Å². The Hall–Kier alpha value is -3.36. The lowest BCUT2D eigenvalue weighted by molar-refractivity contribution is -0.193. The summed E-state index contributed by atoms with van der Waals surface area (Å²) in [6.45, 7) is 7.74. The fourth-order valence-electron chi connectivity index (χ4n) is 8.24. The van der Waals surface area contributed by atoms with Crippen LogP contribution in [0, 0.1) is 11.7 Å². The number of aromatic nitrogens is 1. The summed E-state index contributed by atoms with van der Waals surface area (Å²) in [5.74, 6) is -3.31. The number of fused-ring (bicyclic) bond motifs is 1. The molecule has 2 saturated heterocycles. The molecule has 1 saturated carbocycles. The first-order valence-corrected chi connectivity index (χ1v) is 19.0. The summed E-state index contributed by atoms with van der Waals surface area (Å²) in [6.07, 6.45) is -1.27. The molecule has 2 aromatic rings. The number of allylic oxidation sites excluding steroid dienone is 1. The highest BCUT2D eigenvalue weighted by Gasteiger charge is 2.61. The van der Waals surface area contributed by atoms with E-state index in [0.29, 0.717) is 65.1 Å². The Kier molecular flexibility index (Phi) is 9.38. The molecule has 1 aromatic heterocycles. The Morgan fingerprint density at radius 1 is 1.10 bits per heavy atom. The second kappa shape index (κ2) is 13.2. The van der Waals surface area contributed by atoms with Crippen LogP contribution in [0.2, 0.25) is 10.2 Å². The molecule has 278 valence electrons. The Labute approximate surface area is 313 Å². The van der Waals surface area contributed by atoms with Crippen molar-refractivity contribution in [2.24, 2.45) is 10.9 Å². The van der Waals surface area contributed by atoms with Crippen molar-refractivity contribution in [1.29, 1.82) is 0 Å². The van der Waals surface area contributed by atoms with E-state index in [-0.39, 0.29) is 35.8 Å². The summed E-state index contributed by atoms with van der Waals surface area (Å²) in [5, 5.41) is 0.820. The van der Waals surface area contributed by atoms with Crippen LogP contribution in [0.4, 0.5) is 17.6 Å². The minimum atomic E-state index is -5.00. The number of hydrogen-bond acceptors (Lipinski definition) is 7. The number of benzene rings is 1. The molecular formula is C36H38Cl2F4N6O3S. The zero-order valence-corrected chi connectivity index (χ0v) is 31.3. The quantitative estimate of drug-likeness (QED) is 0.226. The Balaban J connectivity index is 1.21. The van der Waals surface area contributed by atoms with E-state index < -0.39 is 47.1 Å². The van der Waals surface area contributed by atoms with Gasteiger partial charge in [-0.25, -0.2) is 14.4 Å². The predicted octanol–water partition coefficient (Wildman–Crippen LogP) is 7.31. The summed E-state index contributed by atoms with van der Waals surface area (Å²) >= 11 is 13.4. The molecule has 1 aliphatic carbocycles. The largest absolute Gasteiger partial charge is 0.471 e. The highest BCUT2D eigenvalue weighted by molar-refractivity contribution is 8.18. The Morgan fingerprint density at radius 2 is 1.83 bits per heavy atom. The number of carbonyl (C=O) groups excluding carboxylic acids is 3. The molecular weight excluding hydrogens is 743 g/mol. The minimum Gasteiger partial charge on any atom is -0.334 e. The number of likely N-dealkylation sites (tertiary alicyclic amines) is 1. The highest BCUT2D eigenvalue weighted by Crippen LogP contribution is 2.56. The van der Waals surface area contributed by atoms with Crippen molar-refractivity contribution < 1.29 is 31.9 Å². The van der Waals surface area contributed by atoms with Gasteiger partial charge in [0.15, 0.2) is 5.17 Å². The number of halogens is 6. The average Bonchev–Trinajstić information content (AvgIpc) is 3.40. The zero-order valence-electron chi connectivity index (χ0n) is 29.0. The molecule has 9 nitrogen and oxygen atoms in total. The van der Waals surface area contributed by atoms with E-state index in [1.54, 1.807) is 35.1 Å². The summed E-state index contributed by atoms with van der Waals surface area (Å²) in [7, 11) is 0. The van der Waals surface area contributed by atoms with E-state index in [4.69, 9.17) is 28.2 Å². The molecule has 52 heavy (non-hydrogen) atoms. The van der Waals surface area contributed by atoms with Crippen LogP contribution in [-0.4, -0.2) is 90.9 Å². The molecule has 16 heteroatoms. The molecule has 0 radical (unpaired) electrons. The normalized spacial score (nSPS) is 26.8. The number of amidine groups is 1. The topological polar surface area (TPSA) is 89.4 Å². The highest BCUT2D eigenvalue weighted by atomic mass is 35.5. The molecule has 5 aliphatic rings. The molecule has 0 bridgehead atoms. The molecule has 5 heterocycles. The summed E-state index contributed by atoms with van der Waals surface area (Å²) in [4.78, 5) is 57.3. The first-order valence-electron chi connectivity index (χ1n) is 17.4. The third kappa shape index (κ3) is 6.06. The van der Waals surface area contributed by atoms with E-state index in [0.717, 1.165) is 10.5 Å². The van der Waals surface area contributed by atoms with Gasteiger partial charge in [0.2, 0.25) is 5.91 Å². The molecule has 3 amide bonds. The smallest absolute Gasteiger partial charge is 0.334 e. The van der Waals surface area contributed by atoms with Crippen LogP contribution >= 0.6 is 35.0 Å². The number of hydrogen-bond donors (Lipinski definition) is 0. The van der Waals surface area contributed by atoms with Gasteiger partial charge in [0.25, 0.3) is 5.91 Å². The van der Waals surface area contributed by atoms with Crippen molar-refractivity contribution in [3.05, 3.63) is 74.3 Å². The maximum atomic E-state index is 15.0. The van der Waals surface area contributed by atoms with E-state index >= 15 is 4.39 Å². The van der Waals surface area contributed by atoms with Gasteiger partial charge in [-0.3, -0.25) is 14.4 Å². The van der Waals surface area contributed by atoms with Crippen molar-refractivity contribution in [3.63, 3.8) is 0 Å². The van der Waals surface area contributed by atoms with Gasteiger partial charge in [0.05, 0.1) is 16.6 Å². The van der Waals surface area contributed by atoms with Crippen molar-refractivity contribution in [2.45, 2.75) is 95.2 Å². The van der Waals surface area contributed by atoms with E-state index in [1.807, 2.05) is 31.7 Å². The lowest BCUT2D eigenvalue weighted by Gasteiger charge is -2.48. The average molecular weight is 782 g/mol. The van der Waals surface area contributed by atoms with E-state index in [9.17, 15) is 27.6 Å². The van der Waals surface area contributed by atoms with Crippen molar-refractivity contribution in [1.82, 2.24) is 24.6 Å². The molecule has 1 spiro atoms. The van der Waals surface area contributed by atoms with Crippen LogP contribution in [0.3, 0.4) is 0 Å². The van der Waals surface area contributed by atoms with Gasteiger partial charge in [-0.15, -0.1) is 0 Å². The zero-order chi connectivity index (χ0) is 37.5. The van der Waals surface area contributed by atoms with Gasteiger partial charge in [0.1, 0.15) is 27.5 Å². The number of alkyl halides is 3. The number of piperazine rings is 1. The van der Waals surface area contributed by atoms with Crippen LogP contribution in [0.5, 0.6) is 0 Å². The number of aliphatic imine (C=N–C) groups is 1. The van der Waals surface area contributed by atoms with Crippen molar-refractivity contribution in [3.8, 4) is 0 Å². The summed E-state index contributed by atoms with van der Waals surface area (Å²) in [6, 6.07) is 6.08. The third-order valence-corrected chi connectivity index (χ3v) is 12.7. The summed E-state index contributed by atoms with van der Waals surface area (Å²) < 4.78 is 55.6. The molecule has 4 aliphatic heterocycles. The van der Waals surface area contributed by atoms with Crippen LogP contribution in [-0.2, 0) is 19.9 Å². The maximum Gasteiger partial charge on any atom is 0.471 e. The minimum absolute atomic E-state index is 0.00142. The number of nitrogens with zero attached hydrogens (tertiary/aromatic N) is 6. The second-order valence-corrected chi connectivity index (χ2v) is 16.4. The van der Waals surface area contributed by atoms with Gasteiger partial charge in [-0.1, -0.05) is 56.1 Å². The summed E-state index contributed by atoms with van der Waals surface area (Å²) in [5.41, 5.74) is -0.00808. The van der Waals surface area contributed by atoms with E-state index in [1.165, 1.54) is 23.9 Å². The number of amides is 3. The van der Waals surface area contributed by atoms with E-state index in [2.05, 4.69) is 4.98 Å². The Bertz CT molecular complexity index is 1890. The van der Waals surface area contributed by atoms with Crippen molar-refractivity contribution in [2.75, 3.05) is 19.6 Å². The van der Waals surface area contributed by atoms with Gasteiger partial charge >= 0.3 is 12.1 Å². The molecule has 0 unspecified atom stereocenters. The molecule has 7 rings (SSSR count). The molecule has 1 aromatic carbocycles. The molecule has 3 fully saturated rings. The number of rotatable bonds is 6. The lowest BCUT2D eigenvalue weighted by Crippen LogP contribution is -2.66. The fourth-order valence-corrected chi connectivity index (χ4v) is 9.84. The van der Waals surface area contributed by atoms with Crippen LogP contribution in [0.15, 0.2) is 52.1 Å². The van der Waals surface area contributed by atoms with Gasteiger partial charge in [0, 0.05) is 43.1 Å².